The molecule has 0 aromatic heterocycles. The molecule has 4 heteroatoms. The van der Waals surface area contributed by atoms with Crippen molar-refractivity contribution >= 4 is 5.84 Å². The van der Waals surface area contributed by atoms with Crippen molar-refractivity contribution in [3.8, 4) is 0 Å². The van der Waals surface area contributed by atoms with Crippen molar-refractivity contribution in [2.75, 3.05) is 19.6 Å². The zero-order valence-corrected chi connectivity index (χ0v) is 7.37. The van der Waals surface area contributed by atoms with Gasteiger partial charge < -0.3 is 10.9 Å². The van der Waals surface area contributed by atoms with Crippen LogP contribution in [0.4, 0.5) is 0 Å². The van der Waals surface area contributed by atoms with Crippen LogP contribution in [0.15, 0.2) is 5.16 Å². The highest BCUT2D eigenvalue weighted by Crippen LogP contribution is 2.08. The Hall–Kier alpha value is -0.770. The smallest absolute Gasteiger partial charge is 0.153 e. The number of nitrogens with two attached hydrogens (primary N) is 1. The summed E-state index contributed by atoms with van der Waals surface area (Å²) >= 11 is 0. The molecule has 4 nitrogen and oxygen atoms in total. The average Bonchev–Trinajstić information content (AvgIpc) is 2.33. The van der Waals surface area contributed by atoms with Gasteiger partial charge in [-0.3, -0.25) is 4.90 Å². The highest BCUT2D eigenvalue weighted by atomic mass is 16.4. The maximum Gasteiger partial charge on any atom is 0.153 e. The summed E-state index contributed by atoms with van der Waals surface area (Å²) < 4.78 is 0. The zero-order valence-electron chi connectivity index (χ0n) is 7.37. The summed E-state index contributed by atoms with van der Waals surface area (Å²) in [4.78, 5) is 2.24. The van der Waals surface area contributed by atoms with Gasteiger partial charge in [-0.2, -0.15) is 0 Å². The molecule has 0 aliphatic carbocycles. The van der Waals surface area contributed by atoms with Gasteiger partial charge in [0.25, 0.3) is 0 Å². The van der Waals surface area contributed by atoms with Gasteiger partial charge in [-0.25, -0.2) is 0 Å². The second kappa shape index (κ2) is 4.98. The van der Waals surface area contributed by atoms with Gasteiger partial charge in [0, 0.05) is 0 Å². The minimum absolute atomic E-state index is 0.317. The fraction of sp³-hybridized carbons (Fsp3) is 0.875. The van der Waals surface area contributed by atoms with Gasteiger partial charge in [0.2, 0.25) is 0 Å². The van der Waals surface area contributed by atoms with Gasteiger partial charge in [0.05, 0.1) is 6.54 Å². The standard InChI is InChI=1S/C8H17N3O/c9-8(10-12)7-11-5-3-1-2-4-6-11/h12H,1-7H2,(H2,9,10). The van der Waals surface area contributed by atoms with E-state index in [0.29, 0.717) is 12.4 Å². The molecule has 0 radical (unpaired) electrons. The van der Waals surface area contributed by atoms with Gasteiger partial charge in [0.1, 0.15) is 0 Å². The SMILES string of the molecule is N/C(CN1CCCCCC1)=N\O. The van der Waals surface area contributed by atoms with E-state index in [1.54, 1.807) is 0 Å². The van der Waals surface area contributed by atoms with Crippen LogP contribution in [-0.2, 0) is 0 Å². The van der Waals surface area contributed by atoms with Crippen molar-refractivity contribution in [2.45, 2.75) is 25.7 Å². The summed E-state index contributed by atoms with van der Waals surface area (Å²) in [7, 11) is 0. The topological polar surface area (TPSA) is 61.8 Å². The van der Waals surface area contributed by atoms with Crippen LogP contribution in [0.3, 0.4) is 0 Å². The van der Waals surface area contributed by atoms with Crippen molar-refractivity contribution < 1.29 is 5.21 Å². The summed E-state index contributed by atoms with van der Waals surface area (Å²) in [5, 5.41) is 11.3. The summed E-state index contributed by atoms with van der Waals surface area (Å²) in [5.41, 5.74) is 5.41. The second-order valence-corrected chi connectivity index (χ2v) is 3.28. The molecule has 0 aromatic carbocycles. The van der Waals surface area contributed by atoms with E-state index in [9.17, 15) is 0 Å². The van der Waals surface area contributed by atoms with Crippen molar-refractivity contribution in [1.82, 2.24) is 4.90 Å². The third kappa shape index (κ3) is 3.09. The van der Waals surface area contributed by atoms with E-state index >= 15 is 0 Å². The molecule has 1 heterocycles. The molecule has 3 N–H and O–H groups in total. The Balaban J connectivity index is 2.29. The number of hydrogen-bond acceptors (Lipinski definition) is 3. The van der Waals surface area contributed by atoms with Gasteiger partial charge in [-0.05, 0) is 25.9 Å². The average molecular weight is 171 g/mol. The van der Waals surface area contributed by atoms with Crippen molar-refractivity contribution in [3.63, 3.8) is 0 Å². The molecular weight excluding hydrogens is 154 g/mol. The Labute approximate surface area is 73.0 Å². The first kappa shape index (κ1) is 9.32. The van der Waals surface area contributed by atoms with Crippen LogP contribution in [0, 0.1) is 0 Å². The molecule has 12 heavy (non-hydrogen) atoms. The van der Waals surface area contributed by atoms with Crippen LogP contribution < -0.4 is 5.73 Å². The van der Waals surface area contributed by atoms with Crippen LogP contribution in [0.5, 0.6) is 0 Å². The number of likely N-dealkylation sites (tertiary alicyclic amines) is 1. The number of hydrogen-bond donors (Lipinski definition) is 2. The molecule has 1 saturated heterocycles. The maximum absolute atomic E-state index is 8.37. The first-order valence-corrected chi connectivity index (χ1v) is 4.51. The molecule has 1 aliphatic heterocycles. The van der Waals surface area contributed by atoms with Crippen LogP contribution in [-0.4, -0.2) is 35.6 Å². The van der Waals surface area contributed by atoms with Crippen molar-refractivity contribution in [3.05, 3.63) is 0 Å². The van der Waals surface area contributed by atoms with Crippen molar-refractivity contribution in [2.24, 2.45) is 10.9 Å². The van der Waals surface area contributed by atoms with Gasteiger partial charge in [0.15, 0.2) is 5.84 Å². The van der Waals surface area contributed by atoms with E-state index in [-0.39, 0.29) is 0 Å². The molecule has 1 fully saturated rings. The van der Waals surface area contributed by atoms with E-state index in [2.05, 4.69) is 10.1 Å². The highest BCUT2D eigenvalue weighted by molar-refractivity contribution is 5.81. The summed E-state index contributed by atoms with van der Waals surface area (Å²) in [6.45, 7) is 2.77. The Morgan fingerprint density at radius 1 is 1.25 bits per heavy atom. The van der Waals surface area contributed by atoms with Gasteiger partial charge in [-0.15, -0.1) is 0 Å². The predicted molar refractivity (Wildman–Crippen MR) is 48.3 cm³/mol. The second-order valence-electron chi connectivity index (χ2n) is 3.28. The number of nitrogens with zero attached hydrogens (tertiary/aromatic N) is 2. The number of rotatable bonds is 2. The van der Waals surface area contributed by atoms with E-state index in [1.165, 1.54) is 25.7 Å². The van der Waals surface area contributed by atoms with E-state index in [4.69, 9.17) is 10.9 Å². The van der Waals surface area contributed by atoms with Crippen LogP contribution in [0.2, 0.25) is 0 Å². The molecule has 0 aromatic rings. The number of oxime groups is 1. The molecule has 0 amide bonds. The predicted octanol–water partition coefficient (Wildman–Crippen LogP) is 0.609. The fourth-order valence-corrected chi connectivity index (χ4v) is 1.56. The molecule has 0 atom stereocenters. The normalized spacial score (nSPS) is 22.2. The van der Waals surface area contributed by atoms with Crippen molar-refractivity contribution in [1.29, 1.82) is 0 Å². The van der Waals surface area contributed by atoms with Crippen LogP contribution >= 0.6 is 0 Å². The molecule has 1 aliphatic rings. The van der Waals surface area contributed by atoms with Crippen LogP contribution in [0.1, 0.15) is 25.7 Å². The Morgan fingerprint density at radius 2 is 1.83 bits per heavy atom. The third-order valence-electron chi connectivity index (χ3n) is 2.21. The molecule has 70 valence electrons. The van der Waals surface area contributed by atoms with Gasteiger partial charge in [-0.1, -0.05) is 18.0 Å². The van der Waals surface area contributed by atoms with Gasteiger partial charge >= 0.3 is 0 Å². The minimum atomic E-state index is 0.317. The first-order valence-electron chi connectivity index (χ1n) is 4.51. The maximum atomic E-state index is 8.37. The molecular formula is C8H17N3O. The Morgan fingerprint density at radius 3 is 2.33 bits per heavy atom. The lowest BCUT2D eigenvalue weighted by molar-refractivity contribution is 0.297. The Bertz CT molecular complexity index is 150. The van der Waals surface area contributed by atoms with Crippen LogP contribution in [0.25, 0.3) is 0 Å². The Kier molecular flexibility index (Phi) is 3.87. The lowest BCUT2D eigenvalue weighted by Gasteiger charge is -2.17. The fourth-order valence-electron chi connectivity index (χ4n) is 1.56. The monoisotopic (exact) mass is 171 g/mol. The zero-order chi connectivity index (χ0) is 8.81. The summed E-state index contributed by atoms with van der Waals surface area (Å²) in [6.07, 6.45) is 5.09. The summed E-state index contributed by atoms with van der Waals surface area (Å²) in [5.74, 6) is 0.317. The largest absolute Gasteiger partial charge is 0.409 e. The van der Waals surface area contributed by atoms with E-state index < -0.39 is 0 Å². The molecule has 1 rings (SSSR count). The lowest BCUT2D eigenvalue weighted by Crippen LogP contribution is -2.34. The highest BCUT2D eigenvalue weighted by Gasteiger charge is 2.09. The quantitative estimate of drug-likeness (QED) is 0.277. The van der Waals surface area contributed by atoms with E-state index in [0.717, 1.165) is 13.1 Å². The number of amidine groups is 1. The molecule has 0 spiro atoms. The van der Waals surface area contributed by atoms with E-state index in [1.807, 2.05) is 0 Å². The third-order valence-corrected chi connectivity index (χ3v) is 2.21. The molecule has 0 unspecified atom stereocenters. The summed E-state index contributed by atoms with van der Waals surface area (Å²) in [6, 6.07) is 0. The minimum Gasteiger partial charge on any atom is -0.409 e. The molecule has 0 saturated carbocycles. The first-order chi connectivity index (χ1) is 5.83. The molecule has 0 bridgehead atoms. The lowest BCUT2D eigenvalue weighted by atomic mass is 10.2.